The van der Waals surface area contributed by atoms with Gasteiger partial charge in [-0.2, -0.15) is 0 Å². The number of benzene rings is 1. The highest BCUT2D eigenvalue weighted by Crippen LogP contribution is 2.37. The smallest absolute Gasteiger partial charge is 0.0228 e. The second kappa shape index (κ2) is 1.98. The lowest BCUT2D eigenvalue weighted by molar-refractivity contribution is 1.17. The predicted molar refractivity (Wildman–Crippen MR) is 42.9 cm³/mol. The summed E-state index contributed by atoms with van der Waals surface area (Å²) < 4.78 is 0. The molecule has 10 heavy (non-hydrogen) atoms. The van der Waals surface area contributed by atoms with E-state index in [0.717, 1.165) is 0 Å². The Hall–Kier alpha value is -1.04. The van der Waals surface area contributed by atoms with Gasteiger partial charge in [-0.05, 0) is 12.5 Å². The average Bonchev–Trinajstić information content (AvgIpc) is 2.69. The van der Waals surface area contributed by atoms with E-state index in [1.807, 2.05) is 0 Å². The van der Waals surface area contributed by atoms with Crippen molar-refractivity contribution in [3.8, 4) is 0 Å². The molecule has 0 N–H and O–H groups in total. The van der Waals surface area contributed by atoms with Gasteiger partial charge in [-0.15, -0.1) is 0 Å². The van der Waals surface area contributed by atoms with E-state index in [9.17, 15) is 0 Å². The molecule has 1 aromatic rings. The second-order valence-corrected chi connectivity index (χ2v) is 2.80. The van der Waals surface area contributed by atoms with Crippen molar-refractivity contribution in [2.75, 3.05) is 0 Å². The molecule has 0 saturated carbocycles. The van der Waals surface area contributed by atoms with Crippen LogP contribution in [0.3, 0.4) is 0 Å². The van der Waals surface area contributed by atoms with Gasteiger partial charge in [-0.25, -0.2) is 0 Å². The van der Waals surface area contributed by atoms with Crippen LogP contribution in [0.1, 0.15) is 18.4 Å². The van der Waals surface area contributed by atoms with Crippen LogP contribution in [0, 0.1) is 0 Å². The lowest BCUT2D eigenvalue weighted by Crippen LogP contribution is -1.78. The lowest BCUT2D eigenvalue weighted by Gasteiger charge is -1.95. The van der Waals surface area contributed by atoms with Crippen molar-refractivity contribution in [3.05, 3.63) is 47.5 Å². The Kier molecular flexibility index (Phi) is 1.13. The molecule has 0 fully saturated rings. The minimum Gasteiger partial charge on any atom is -0.0731 e. The number of rotatable bonds is 1. The summed E-state index contributed by atoms with van der Waals surface area (Å²) in [4.78, 5) is 0. The Morgan fingerprint density at radius 2 is 1.70 bits per heavy atom. The van der Waals surface area contributed by atoms with Gasteiger partial charge < -0.3 is 0 Å². The Morgan fingerprint density at radius 3 is 2.20 bits per heavy atom. The topological polar surface area (TPSA) is 0 Å². The Morgan fingerprint density at radius 1 is 1.10 bits per heavy atom. The molecule has 0 nitrogen and oxygen atoms in total. The minimum absolute atomic E-state index is 0.668. The highest BCUT2D eigenvalue weighted by molar-refractivity contribution is 5.44. The fraction of sp³-hybridized carbons (Fsp3) is 0.200. The van der Waals surface area contributed by atoms with Gasteiger partial charge in [0.15, 0.2) is 0 Å². The quantitative estimate of drug-likeness (QED) is 0.513. The van der Waals surface area contributed by atoms with Gasteiger partial charge in [-0.1, -0.05) is 42.0 Å². The van der Waals surface area contributed by atoms with Crippen LogP contribution >= 0.6 is 0 Å². The summed E-state index contributed by atoms with van der Waals surface area (Å²) in [7, 11) is 0. The maximum absolute atomic E-state index is 2.29. The monoisotopic (exact) mass is 130 g/mol. The molecule has 2 rings (SSSR count). The summed E-state index contributed by atoms with van der Waals surface area (Å²) >= 11 is 0. The summed E-state index contributed by atoms with van der Waals surface area (Å²) in [6.45, 7) is 2.18. The molecule has 1 aromatic carbocycles. The average molecular weight is 130 g/mol. The summed E-state index contributed by atoms with van der Waals surface area (Å²) in [5.74, 6) is 0.668. The zero-order chi connectivity index (χ0) is 6.97. The van der Waals surface area contributed by atoms with Gasteiger partial charge in [0, 0.05) is 5.92 Å². The van der Waals surface area contributed by atoms with Gasteiger partial charge in [0.05, 0.1) is 0 Å². The van der Waals surface area contributed by atoms with Crippen LogP contribution in [0.4, 0.5) is 0 Å². The first-order valence-corrected chi connectivity index (χ1v) is 3.61. The third-order valence-electron chi connectivity index (χ3n) is 1.97. The molecule has 0 saturated heterocycles. The molecule has 0 amide bonds. The molecule has 0 spiro atoms. The SMILES string of the molecule is CC1=CC1c1ccccc1. The van der Waals surface area contributed by atoms with E-state index in [4.69, 9.17) is 0 Å². The first-order valence-electron chi connectivity index (χ1n) is 3.61. The molecular formula is C10H10. The standard InChI is InChI=1S/C10H10/c1-8-7-10(8)9-5-3-2-4-6-9/h2-7,10H,1H3. The minimum atomic E-state index is 0.668. The molecule has 1 atom stereocenters. The van der Waals surface area contributed by atoms with Crippen molar-refractivity contribution in [2.24, 2.45) is 0 Å². The highest BCUT2D eigenvalue weighted by atomic mass is 14.2. The second-order valence-electron chi connectivity index (χ2n) is 2.80. The molecule has 1 aliphatic carbocycles. The zero-order valence-corrected chi connectivity index (χ0v) is 6.04. The van der Waals surface area contributed by atoms with E-state index in [0.29, 0.717) is 5.92 Å². The van der Waals surface area contributed by atoms with Crippen molar-refractivity contribution in [1.29, 1.82) is 0 Å². The summed E-state index contributed by atoms with van der Waals surface area (Å²) in [6.07, 6.45) is 2.29. The third kappa shape index (κ3) is 0.860. The van der Waals surface area contributed by atoms with Crippen molar-refractivity contribution in [1.82, 2.24) is 0 Å². The van der Waals surface area contributed by atoms with Crippen LogP contribution in [0.15, 0.2) is 42.0 Å². The highest BCUT2D eigenvalue weighted by Gasteiger charge is 2.20. The summed E-state index contributed by atoms with van der Waals surface area (Å²) in [5, 5.41) is 0. The van der Waals surface area contributed by atoms with Crippen molar-refractivity contribution < 1.29 is 0 Å². The van der Waals surface area contributed by atoms with Crippen LogP contribution in [-0.2, 0) is 0 Å². The van der Waals surface area contributed by atoms with Crippen LogP contribution in [0.25, 0.3) is 0 Å². The Labute approximate surface area is 61.2 Å². The molecule has 0 radical (unpaired) electrons. The maximum atomic E-state index is 2.29. The maximum Gasteiger partial charge on any atom is 0.0228 e. The zero-order valence-electron chi connectivity index (χ0n) is 6.04. The lowest BCUT2D eigenvalue weighted by atomic mass is 10.1. The third-order valence-corrected chi connectivity index (χ3v) is 1.97. The molecule has 50 valence electrons. The van der Waals surface area contributed by atoms with Crippen LogP contribution in [0.2, 0.25) is 0 Å². The summed E-state index contributed by atoms with van der Waals surface area (Å²) in [6, 6.07) is 10.6. The number of allylic oxidation sites excluding steroid dienone is 2. The Bertz CT molecular complexity index is 257. The molecule has 1 unspecified atom stereocenters. The van der Waals surface area contributed by atoms with Gasteiger partial charge >= 0.3 is 0 Å². The number of hydrogen-bond donors (Lipinski definition) is 0. The largest absolute Gasteiger partial charge is 0.0731 e. The fourth-order valence-electron chi connectivity index (χ4n) is 1.23. The van der Waals surface area contributed by atoms with Crippen molar-refractivity contribution in [3.63, 3.8) is 0 Å². The molecule has 0 aliphatic heterocycles. The first kappa shape index (κ1) is 5.72. The van der Waals surface area contributed by atoms with E-state index in [1.54, 1.807) is 0 Å². The molecule has 0 heterocycles. The first-order chi connectivity index (χ1) is 4.88. The van der Waals surface area contributed by atoms with Crippen LogP contribution in [0.5, 0.6) is 0 Å². The predicted octanol–water partition coefficient (Wildman–Crippen LogP) is 2.73. The van der Waals surface area contributed by atoms with Gasteiger partial charge in [0.1, 0.15) is 0 Å². The molecular weight excluding hydrogens is 120 g/mol. The van der Waals surface area contributed by atoms with Gasteiger partial charge in [0.2, 0.25) is 0 Å². The molecule has 0 bridgehead atoms. The van der Waals surface area contributed by atoms with Crippen molar-refractivity contribution >= 4 is 0 Å². The normalized spacial score (nSPS) is 22.1. The van der Waals surface area contributed by atoms with Crippen LogP contribution < -0.4 is 0 Å². The van der Waals surface area contributed by atoms with Gasteiger partial charge in [-0.3, -0.25) is 0 Å². The molecule has 1 aliphatic rings. The Balaban J connectivity index is 2.22. The molecule has 0 aromatic heterocycles. The van der Waals surface area contributed by atoms with Crippen molar-refractivity contribution in [2.45, 2.75) is 12.8 Å². The van der Waals surface area contributed by atoms with Crippen LogP contribution in [-0.4, -0.2) is 0 Å². The fourth-order valence-corrected chi connectivity index (χ4v) is 1.23. The number of hydrogen-bond acceptors (Lipinski definition) is 0. The molecule has 0 heteroatoms. The van der Waals surface area contributed by atoms with E-state index >= 15 is 0 Å². The van der Waals surface area contributed by atoms with E-state index in [-0.39, 0.29) is 0 Å². The van der Waals surface area contributed by atoms with Gasteiger partial charge in [0.25, 0.3) is 0 Å². The van der Waals surface area contributed by atoms with E-state index in [2.05, 4.69) is 43.3 Å². The summed E-state index contributed by atoms with van der Waals surface area (Å²) in [5.41, 5.74) is 2.94. The van der Waals surface area contributed by atoms with E-state index < -0.39 is 0 Å². The van der Waals surface area contributed by atoms with E-state index in [1.165, 1.54) is 11.1 Å².